The Hall–Kier alpha value is -5.21. The van der Waals surface area contributed by atoms with Crippen LogP contribution in [0.2, 0.25) is 0 Å². The van der Waals surface area contributed by atoms with E-state index < -0.39 is 6.04 Å². The molecule has 238 valence electrons. The van der Waals surface area contributed by atoms with Gasteiger partial charge in [0.25, 0.3) is 11.5 Å². The van der Waals surface area contributed by atoms with Gasteiger partial charge in [0, 0.05) is 11.3 Å². The van der Waals surface area contributed by atoms with E-state index in [4.69, 9.17) is 14.5 Å². The van der Waals surface area contributed by atoms with Crippen molar-refractivity contribution in [2.75, 3.05) is 18.5 Å². The molecule has 0 spiro atoms. The van der Waals surface area contributed by atoms with Gasteiger partial charge < -0.3 is 14.8 Å². The van der Waals surface area contributed by atoms with Crippen molar-refractivity contribution in [1.82, 2.24) is 4.57 Å². The highest BCUT2D eigenvalue weighted by Gasteiger charge is 2.32. The molecule has 2 heterocycles. The number of fused-ring (bicyclic) bond motifs is 1. The predicted molar refractivity (Wildman–Crippen MR) is 188 cm³/mol. The number of benzene rings is 4. The summed E-state index contributed by atoms with van der Waals surface area (Å²) < 4.78 is 14.2. The summed E-state index contributed by atoms with van der Waals surface area (Å²) in [5.74, 6) is 1.13. The van der Waals surface area contributed by atoms with Crippen molar-refractivity contribution in [1.29, 1.82) is 0 Å². The molecule has 0 saturated carbocycles. The van der Waals surface area contributed by atoms with Crippen LogP contribution in [0.4, 0.5) is 5.69 Å². The predicted octanol–water partition coefficient (Wildman–Crippen LogP) is 6.63. The first-order valence-electron chi connectivity index (χ1n) is 15.6. The van der Waals surface area contributed by atoms with Crippen molar-refractivity contribution in [2.24, 2.45) is 4.99 Å². The third-order valence-corrected chi connectivity index (χ3v) is 8.93. The van der Waals surface area contributed by atoms with Crippen LogP contribution in [-0.4, -0.2) is 23.7 Å². The van der Waals surface area contributed by atoms with Gasteiger partial charge in [0.15, 0.2) is 4.80 Å². The summed E-state index contributed by atoms with van der Waals surface area (Å²) in [5.41, 5.74) is 4.35. The molecule has 5 aromatic rings. The number of rotatable bonds is 9. The minimum Gasteiger partial charge on any atom is -0.490 e. The van der Waals surface area contributed by atoms with Gasteiger partial charge in [0.05, 0.1) is 21.8 Å². The summed E-state index contributed by atoms with van der Waals surface area (Å²) >= 11 is 1.30. The van der Waals surface area contributed by atoms with E-state index in [1.807, 2.05) is 110 Å². The fourth-order valence-electron chi connectivity index (χ4n) is 5.52. The first-order chi connectivity index (χ1) is 22.7. The Morgan fingerprint density at radius 3 is 2.21 bits per heavy atom. The van der Waals surface area contributed by atoms with Crippen LogP contribution in [0.1, 0.15) is 50.4 Å². The summed E-state index contributed by atoms with van der Waals surface area (Å²) in [5, 5.41) is 2.99. The highest BCUT2D eigenvalue weighted by atomic mass is 32.1. The normalized spacial score (nSPS) is 14.7. The number of nitrogens with one attached hydrogen (secondary N) is 1. The van der Waals surface area contributed by atoms with E-state index in [1.54, 1.807) is 4.57 Å². The summed E-state index contributed by atoms with van der Waals surface area (Å²) in [6.07, 6.45) is 1.83. The van der Waals surface area contributed by atoms with Crippen LogP contribution in [0.5, 0.6) is 11.5 Å². The third kappa shape index (κ3) is 7.13. The second kappa shape index (κ2) is 13.6. The van der Waals surface area contributed by atoms with Gasteiger partial charge in [-0.05, 0) is 59.9 Å². The molecular weight excluding hydrogens is 607 g/mol. The lowest BCUT2D eigenvalue weighted by Gasteiger charge is -2.25. The lowest BCUT2D eigenvalue weighted by atomic mass is 9.87. The average Bonchev–Trinajstić information content (AvgIpc) is 3.37. The molecule has 1 aliphatic rings. The van der Waals surface area contributed by atoms with Crippen LogP contribution in [-0.2, 0) is 10.2 Å². The summed E-state index contributed by atoms with van der Waals surface area (Å²) in [6.45, 7) is 9.07. The van der Waals surface area contributed by atoms with Crippen LogP contribution in [0.25, 0.3) is 6.08 Å². The van der Waals surface area contributed by atoms with Gasteiger partial charge in [-0.3, -0.25) is 14.2 Å². The molecule has 0 saturated heterocycles. The minimum absolute atomic E-state index is 0.0807. The zero-order valence-electron chi connectivity index (χ0n) is 26.9. The number of nitrogens with zero attached hydrogens (tertiary/aromatic N) is 2. The SMILES string of the molecule is CC1=C(C(=O)Nc2ccccc2)[C@@H](c2ccccc2)n2c(s/c(=C\c3ccccc3OCCOc3ccc(C(C)(C)C)cc3)c2=O)=N1. The molecule has 6 rings (SSSR count). The number of hydrogen-bond acceptors (Lipinski definition) is 6. The lowest BCUT2D eigenvalue weighted by Crippen LogP contribution is -2.40. The average molecular weight is 644 g/mol. The Labute approximate surface area is 278 Å². The van der Waals surface area contributed by atoms with Gasteiger partial charge in [-0.2, -0.15) is 0 Å². The van der Waals surface area contributed by atoms with Gasteiger partial charge in [0.1, 0.15) is 24.7 Å². The molecular formula is C39H37N3O4S. The van der Waals surface area contributed by atoms with Gasteiger partial charge in [0.2, 0.25) is 0 Å². The molecule has 1 N–H and O–H groups in total. The Balaban J connectivity index is 1.27. The van der Waals surface area contributed by atoms with E-state index in [9.17, 15) is 9.59 Å². The molecule has 1 aliphatic heterocycles. The maximum atomic E-state index is 14.1. The zero-order chi connectivity index (χ0) is 33.0. The molecule has 0 fully saturated rings. The van der Waals surface area contributed by atoms with Gasteiger partial charge in [-0.15, -0.1) is 0 Å². The number of carbonyl (C=O) groups is 1. The van der Waals surface area contributed by atoms with Crippen molar-refractivity contribution in [3.8, 4) is 11.5 Å². The monoisotopic (exact) mass is 643 g/mol. The molecule has 4 aromatic carbocycles. The molecule has 47 heavy (non-hydrogen) atoms. The van der Waals surface area contributed by atoms with Gasteiger partial charge in [-0.25, -0.2) is 4.99 Å². The van der Waals surface area contributed by atoms with Crippen molar-refractivity contribution < 1.29 is 14.3 Å². The number of para-hydroxylation sites is 2. The van der Waals surface area contributed by atoms with Crippen LogP contribution in [0.15, 0.2) is 130 Å². The largest absolute Gasteiger partial charge is 0.490 e. The number of allylic oxidation sites excluding steroid dienone is 1. The van der Waals surface area contributed by atoms with Gasteiger partial charge >= 0.3 is 0 Å². The number of hydrogen-bond donors (Lipinski definition) is 1. The lowest BCUT2D eigenvalue weighted by molar-refractivity contribution is -0.113. The fourth-order valence-corrected chi connectivity index (χ4v) is 6.55. The fraction of sp³-hybridized carbons (Fsp3) is 0.205. The second-order valence-corrected chi connectivity index (χ2v) is 13.3. The summed E-state index contributed by atoms with van der Waals surface area (Å²) in [6, 6.07) is 34.0. The Morgan fingerprint density at radius 1 is 0.872 bits per heavy atom. The maximum absolute atomic E-state index is 14.1. The molecule has 0 bridgehead atoms. The molecule has 7 nitrogen and oxygen atoms in total. The van der Waals surface area contributed by atoms with Crippen molar-refractivity contribution in [2.45, 2.75) is 39.2 Å². The molecule has 1 amide bonds. The number of anilines is 1. The third-order valence-electron chi connectivity index (χ3n) is 7.95. The minimum atomic E-state index is -0.639. The highest BCUT2D eigenvalue weighted by Crippen LogP contribution is 2.31. The Bertz CT molecular complexity index is 2090. The number of amides is 1. The number of carbonyl (C=O) groups excluding carboxylic acids is 1. The van der Waals surface area contributed by atoms with E-state index >= 15 is 0 Å². The van der Waals surface area contributed by atoms with Crippen LogP contribution in [0.3, 0.4) is 0 Å². The zero-order valence-corrected chi connectivity index (χ0v) is 27.7. The standard InChI is InChI=1S/C39H37N3O4S/c1-26-34(36(43)41-30-16-9-6-10-17-30)35(27-13-7-5-8-14-27)42-37(44)33(47-38(42)40-26)25-28-15-11-12-18-32(28)46-24-23-45-31-21-19-29(20-22-31)39(2,3)4/h5-22,25,35H,23-24H2,1-4H3,(H,41,43)/b33-25-/t35-/m1/s1. The highest BCUT2D eigenvalue weighted by molar-refractivity contribution is 7.07. The van der Waals surface area contributed by atoms with Crippen LogP contribution < -0.4 is 29.7 Å². The van der Waals surface area contributed by atoms with E-state index in [2.05, 4.69) is 38.2 Å². The second-order valence-electron chi connectivity index (χ2n) is 12.3. The Morgan fingerprint density at radius 2 is 1.51 bits per heavy atom. The van der Waals surface area contributed by atoms with E-state index in [0.29, 0.717) is 45.3 Å². The Kier molecular flexibility index (Phi) is 9.22. The first kappa shape index (κ1) is 31.8. The van der Waals surface area contributed by atoms with Crippen LogP contribution >= 0.6 is 11.3 Å². The maximum Gasteiger partial charge on any atom is 0.271 e. The molecule has 1 aromatic heterocycles. The van der Waals surface area contributed by atoms with E-state index in [-0.39, 0.29) is 16.9 Å². The molecule has 1 atom stereocenters. The molecule has 0 aliphatic carbocycles. The molecule has 8 heteroatoms. The van der Waals surface area contributed by atoms with E-state index in [1.165, 1.54) is 16.9 Å². The summed E-state index contributed by atoms with van der Waals surface area (Å²) in [4.78, 5) is 33.1. The number of ether oxygens (including phenoxy) is 2. The number of thiazole rings is 1. The quantitative estimate of drug-likeness (QED) is 0.183. The van der Waals surface area contributed by atoms with Gasteiger partial charge in [-0.1, -0.05) is 111 Å². The first-order valence-corrected chi connectivity index (χ1v) is 16.4. The number of aromatic nitrogens is 1. The molecule has 0 radical (unpaired) electrons. The smallest absolute Gasteiger partial charge is 0.271 e. The van der Waals surface area contributed by atoms with Crippen molar-refractivity contribution in [3.05, 3.63) is 157 Å². The molecule has 0 unspecified atom stereocenters. The van der Waals surface area contributed by atoms with Crippen molar-refractivity contribution >= 4 is 29.0 Å². The topological polar surface area (TPSA) is 81.9 Å². The van der Waals surface area contributed by atoms with Crippen molar-refractivity contribution in [3.63, 3.8) is 0 Å². The summed E-state index contributed by atoms with van der Waals surface area (Å²) in [7, 11) is 0. The van der Waals surface area contributed by atoms with Crippen LogP contribution in [0, 0.1) is 0 Å². The van der Waals surface area contributed by atoms with E-state index in [0.717, 1.165) is 16.9 Å².